The molecular formula is C9H19N3O2. The van der Waals surface area contributed by atoms with Gasteiger partial charge in [-0.05, 0) is 19.9 Å². The number of amides is 2. The monoisotopic (exact) mass is 201 g/mol. The van der Waals surface area contributed by atoms with Gasteiger partial charge >= 0.3 is 0 Å². The van der Waals surface area contributed by atoms with Gasteiger partial charge in [-0.25, -0.2) is 0 Å². The van der Waals surface area contributed by atoms with Gasteiger partial charge in [-0.15, -0.1) is 0 Å². The van der Waals surface area contributed by atoms with Crippen LogP contribution in [-0.2, 0) is 9.59 Å². The molecule has 2 amide bonds. The molecule has 0 aliphatic carbocycles. The minimum Gasteiger partial charge on any atom is -0.368 e. The molecule has 5 nitrogen and oxygen atoms in total. The first kappa shape index (κ1) is 12.9. The Hall–Kier alpha value is -1.10. The number of nitrogens with two attached hydrogens (primary N) is 1. The van der Waals surface area contributed by atoms with Crippen molar-refractivity contribution in [1.29, 1.82) is 0 Å². The van der Waals surface area contributed by atoms with E-state index in [-0.39, 0.29) is 12.5 Å². The van der Waals surface area contributed by atoms with E-state index in [1.165, 1.54) is 0 Å². The summed E-state index contributed by atoms with van der Waals surface area (Å²) in [4.78, 5) is 23.8. The Morgan fingerprint density at radius 3 is 2.43 bits per heavy atom. The van der Waals surface area contributed by atoms with E-state index in [1.807, 2.05) is 6.92 Å². The highest BCUT2D eigenvalue weighted by Crippen LogP contribution is 1.99. The molecule has 0 aromatic carbocycles. The fourth-order valence-electron chi connectivity index (χ4n) is 1.14. The molecule has 0 bridgehead atoms. The first-order valence-corrected chi connectivity index (χ1v) is 4.76. The largest absolute Gasteiger partial charge is 0.368 e. The summed E-state index contributed by atoms with van der Waals surface area (Å²) >= 11 is 0. The van der Waals surface area contributed by atoms with Crippen molar-refractivity contribution in [3.05, 3.63) is 0 Å². The highest BCUT2D eigenvalue weighted by Gasteiger charge is 2.19. The van der Waals surface area contributed by atoms with Gasteiger partial charge in [0.2, 0.25) is 11.8 Å². The predicted molar refractivity (Wildman–Crippen MR) is 54.6 cm³/mol. The first-order valence-electron chi connectivity index (χ1n) is 4.76. The number of likely N-dealkylation sites (N-methyl/N-ethyl adjacent to an activating group) is 1. The molecule has 1 unspecified atom stereocenters. The molecule has 0 rings (SSSR count). The van der Waals surface area contributed by atoms with Gasteiger partial charge in [-0.1, -0.05) is 6.92 Å². The molecule has 82 valence electrons. The van der Waals surface area contributed by atoms with E-state index in [4.69, 9.17) is 5.73 Å². The summed E-state index contributed by atoms with van der Waals surface area (Å²) in [5.74, 6) is -0.506. The van der Waals surface area contributed by atoms with Gasteiger partial charge < -0.3 is 11.1 Å². The molecule has 0 fully saturated rings. The molecule has 0 spiro atoms. The van der Waals surface area contributed by atoms with Crippen molar-refractivity contribution in [2.75, 3.05) is 20.1 Å². The topological polar surface area (TPSA) is 75.4 Å². The highest BCUT2D eigenvalue weighted by atomic mass is 16.2. The molecule has 0 saturated carbocycles. The molecule has 0 radical (unpaired) electrons. The lowest BCUT2D eigenvalue weighted by molar-refractivity contribution is -0.126. The number of carbonyl (C=O) groups excluding carboxylic acids is 2. The molecule has 1 atom stereocenters. The summed E-state index contributed by atoms with van der Waals surface area (Å²) in [6.45, 7) is 4.61. The van der Waals surface area contributed by atoms with Crippen LogP contribution in [0.4, 0.5) is 0 Å². The lowest BCUT2D eigenvalue weighted by Crippen LogP contribution is -2.47. The van der Waals surface area contributed by atoms with Crippen molar-refractivity contribution in [3.63, 3.8) is 0 Å². The predicted octanol–water partition coefficient (Wildman–Crippen LogP) is -0.682. The maximum atomic E-state index is 11.1. The Bertz CT molecular complexity index is 206. The number of hydrogen-bond donors (Lipinski definition) is 2. The molecule has 0 aliphatic heterocycles. The van der Waals surface area contributed by atoms with Crippen LogP contribution < -0.4 is 11.1 Å². The zero-order chi connectivity index (χ0) is 11.1. The summed E-state index contributed by atoms with van der Waals surface area (Å²) in [6, 6.07) is -0.396. The Kier molecular flexibility index (Phi) is 5.87. The second-order valence-electron chi connectivity index (χ2n) is 3.22. The summed E-state index contributed by atoms with van der Waals surface area (Å²) in [6.07, 6.45) is 0.884. The van der Waals surface area contributed by atoms with Gasteiger partial charge in [0, 0.05) is 7.05 Å². The van der Waals surface area contributed by atoms with Gasteiger partial charge in [0.15, 0.2) is 0 Å². The van der Waals surface area contributed by atoms with Crippen LogP contribution in [0.1, 0.15) is 20.3 Å². The van der Waals surface area contributed by atoms with Crippen molar-refractivity contribution >= 4 is 11.8 Å². The van der Waals surface area contributed by atoms with Crippen LogP contribution in [0.25, 0.3) is 0 Å². The average Bonchev–Trinajstić information content (AvgIpc) is 2.15. The standard InChI is InChI=1S/C9H19N3O2/c1-4-5-12(6-8(13)11-3)7(2)9(10)14/h7H,4-6H2,1-3H3,(H2,10,14)(H,11,13). The van der Waals surface area contributed by atoms with Crippen LogP contribution in [0, 0.1) is 0 Å². The molecule has 0 saturated heterocycles. The average molecular weight is 201 g/mol. The summed E-state index contributed by atoms with van der Waals surface area (Å²) in [7, 11) is 1.57. The molecule has 5 heteroatoms. The van der Waals surface area contributed by atoms with E-state index in [1.54, 1.807) is 18.9 Å². The second kappa shape index (κ2) is 6.37. The third-order valence-electron chi connectivity index (χ3n) is 2.10. The van der Waals surface area contributed by atoms with Crippen molar-refractivity contribution in [2.24, 2.45) is 5.73 Å². The van der Waals surface area contributed by atoms with Crippen molar-refractivity contribution < 1.29 is 9.59 Å². The number of hydrogen-bond acceptors (Lipinski definition) is 3. The SMILES string of the molecule is CCCN(CC(=O)NC)C(C)C(N)=O. The fraction of sp³-hybridized carbons (Fsp3) is 0.778. The van der Waals surface area contributed by atoms with Crippen LogP contribution >= 0.6 is 0 Å². The van der Waals surface area contributed by atoms with Crippen molar-refractivity contribution in [1.82, 2.24) is 10.2 Å². The van der Waals surface area contributed by atoms with Crippen LogP contribution in [0.5, 0.6) is 0 Å². The Morgan fingerprint density at radius 2 is 2.07 bits per heavy atom. The number of carbonyl (C=O) groups is 2. The van der Waals surface area contributed by atoms with E-state index in [2.05, 4.69) is 5.32 Å². The summed E-state index contributed by atoms with van der Waals surface area (Å²) in [5, 5.41) is 2.51. The second-order valence-corrected chi connectivity index (χ2v) is 3.22. The van der Waals surface area contributed by atoms with Crippen LogP contribution in [0.15, 0.2) is 0 Å². The zero-order valence-electron chi connectivity index (χ0n) is 9.04. The number of primary amides is 1. The summed E-state index contributed by atoms with van der Waals surface area (Å²) < 4.78 is 0. The Morgan fingerprint density at radius 1 is 1.50 bits per heavy atom. The van der Waals surface area contributed by atoms with Gasteiger partial charge in [0.1, 0.15) is 0 Å². The van der Waals surface area contributed by atoms with Crippen molar-refractivity contribution in [2.45, 2.75) is 26.3 Å². The number of nitrogens with zero attached hydrogens (tertiary/aromatic N) is 1. The highest BCUT2D eigenvalue weighted by molar-refractivity contribution is 5.82. The molecule has 14 heavy (non-hydrogen) atoms. The molecule has 3 N–H and O–H groups in total. The smallest absolute Gasteiger partial charge is 0.234 e. The van der Waals surface area contributed by atoms with E-state index >= 15 is 0 Å². The van der Waals surface area contributed by atoms with Gasteiger partial charge in [-0.2, -0.15) is 0 Å². The zero-order valence-corrected chi connectivity index (χ0v) is 9.04. The maximum absolute atomic E-state index is 11.1. The molecular weight excluding hydrogens is 182 g/mol. The molecule has 0 heterocycles. The van der Waals surface area contributed by atoms with Crippen LogP contribution in [0.3, 0.4) is 0 Å². The quantitative estimate of drug-likeness (QED) is 0.597. The third-order valence-corrected chi connectivity index (χ3v) is 2.10. The van der Waals surface area contributed by atoms with E-state index in [9.17, 15) is 9.59 Å². The third kappa shape index (κ3) is 4.23. The maximum Gasteiger partial charge on any atom is 0.234 e. The number of rotatable bonds is 6. The normalized spacial score (nSPS) is 12.6. The molecule has 0 aliphatic rings. The van der Waals surface area contributed by atoms with Gasteiger partial charge in [0.05, 0.1) is 12.6 Å². The van der Waals surface area contributed by atoms with Crippen molar-refractivity contribution in [3.8, 4) is 0 Å². The number of nitrogens with one attached hydrogen (secondary N) is 1. The Balaban J connectivity index is 4.27. The minimum absolute atomic E-state index is 0.105. The van der Waals surface area contributed by atoms with E-state index in [0.29, 0.717) is 6.54 Å². The lowest BCUT2D eigenvalue weighted by Gasteiger charge is -2.25. The summed E-state index contributed by atoms with van der Waals surface area (Å²) in [5.41, 5.74) is 5.17. The van der Waals surface area contributed by atoms with Gasteiger partial charge in [-0.3, -0.25) is 14.5 Å². The van der Waals surface area contributed by atoms with Gasteiger partial charge in [0.25, 0.3) is 0 Å². The van der Waals surface area contributed by atoms with Crippen LogP contribution in [0.2, 0.25) is 0 Å². The van der Waals surface area contributed by atoms with Crippen LogP contribution in [-0.4, -0.2) is 42.9 Å². The molecule has 0 aromatic rings. The van der Waals surface area contributed by atoms with E-state index < -0.39 is 11.9 Å². The first-order chi connectivity index (χ1) is 6.52. The molecule has 0 aromatic heterocycles. The van der Waals surface area contributed by atoms with E-state index in [0.717, 1.165) is 6.42 Å². The fourth-order valence-corrected chi connectivity index (χ4v) is 1.14. The lowest BCUT2D eigenvalue weighted by atomic mass is 10.2. The minimum atomic E-state index is -0.401. The Labute approximate surface area is 84.6 Å².